The topological polar surface area (TPSA) is 58.4 Å². The lowest BCUT2D eigenvalue weighted by molar-refractivity contribution is 0.189. The molecule has 1 aliphatic carbocycles. The SMILES string of the molecule is CCN(CC(C)CN)C(=O)NC1CCCC1. The third kappa shape index (κ3) is 4.00. The molecule has 1 saturated carbocycles. The lowest BCUT2D eigenvalue weighted by Gasteiger charge is -2.26. The van der Waals surface area contributed by atoms with E-state index in [2.05, 4.69) is 12.2 Å². The number of nitrogens with two attached hydrogens (primary N) is 1. The van der Waals surface area contributed by atoms with Gasteiger partial charge < -0.3 is 16.0 Å². The van der Waals surface area contributed by atoms with Crippen LogP contribution in [0.3, 0.4) is 0 Å². The van der Waals surface area contributed by atoms with Crippen LogP contribution in [0.4, 0.5) is 4.79 Å². The number of hydrogen-bond donors (Lipinski definition) is 2. The van der Waals surface area contributed by atoms with Gasteiger partial charge in [0.2, 0.25) is 0 Å². The van der Waals surface area contributed by atoms with Gasteiger partial charge in [-0.15, -0.1) is 0 Å². The summed E-state index contributed by atoms with van der Waals surface area (Å²) in [5.74, 6) is 0.370. The van der Waals surface area contributed by atoms with Crippen molar-refractivity contribution in [3.63, 3.8) is 0 Å². The minimum Gasteiger partial charge on any atom is -0.335 e. The van der Waals surface area contributed by atoms with Gasteiger partial charge in [0.25, 0.3) is 0 Å². The van der Waals surface area contributed by atoms with E-state index in [1.165, 1.54) is 12.8 Å². The van der Waals surface area contributed by atoms with E-state index in [4.69, 9.17) is 5.73 Å². The monoisotopic (exact) mass is 227 g/mol. The average molecular weight is 227 g/mol. The van der Waals surface area contributed by atoms with Crippen LogP contribution in [-0.2, 0) is 0 Å². The highest BCUT2D eigenvalue weighted by Crippen LogP contribution is 2.17. The standard InChI is InChI=1S/C12H25N3O/c1-3-15(9-10(2)8-13)12(16)14-11-6-4-5-7-11/h10-11H,3-9,13H2,1-2H3,(H,14,16). The highest BCUT2D eigenvalue weighted by atomic mass is 16.2. The van der Waals surface area contributed by atoms with Crippen molar-refractivity contribution in [3.05, 3.63) is 0 Å². The van der Waals surface area contributed by atoms with Gasteiger partial charge in [0.15, 0.2) is 0 Å². The van der Waals surface area contributed by atoms with Gasteiger partial charge in [-0.05, 0) is 32.2 Å². The average Bonchev–Trinajstić information content (AvgIpc) is 2.77. The number of amides is 2. The van der Waals surface area contributed by atoms with Gasteiger partial charge in [-0.1, -0.05) is 19.8 Å². The molecule has 1 fully saturated rings. The Bertz CT molecular complexity index is 214. The predicted octanol–water partition coefficient (Wildman–Crippen LogP) is 1.56. The smallest absolute Gasteiger partial charge is 0.317 e. The molecule has 94 valence electrons. The van der Waals surface area contributed by atoms with Gasteiger partial charge >= 0.3 is 6.03 Å². The quantitative estimate of drug-likeness (QED) is 0.748. The Hall–Kier alpha value is -0.770. The molecule has 2 amide bonds. The first-order valence-corrected chi connectivity index (χ1v) is 6.42. The van der Waals surface area contributed by atoms with Gasteiger partial charge in [0.1, 0.15) is 0 Å². The molecular formula is C12H25N3O. The summed E-state index contributed by atoms with van der Waals surface area (Å²) in [5, 5.41) is 3.11. The van der Waals surface area contributed by atoms with Crippen molar-refractivity contribution in [2.75, 3.05) is 19.6 Å². The van der Waals surface area contributed by atoms with Crippen LogP contribution < -0.4 is 11.1 Å². The van der Waals surface area contributed by atoms with E-state index in [0.717, 1.165) is 25.9 Å². The third-order valence-corrected chi connectivity index (χ3v) is 3.29. The van der Waals surface area contributed by atoms with Crippen LogP contribution >= 0.6 is 0 Å². The molecule has 0 aromatic rings. The molecule has 3 N–H and O–H groups in total. The van der Waals surface area contributed by atoms with Gasteiger partial charge in [0, 0.05) is 19.1 Å². The summed E-state index contributed by atoms with van der Waals surface area (Å²) in [6.45, 7) is 6.23. The van der Waals surface area contributed by atoms with Crippen molar-refractivity contribution in [1.82, 2.24) is 10.2 Å². The van der Waals surface area contributed by atoms with Crippen molar-refractivity contribution < 1.29 is 4.79 Å². The zero-order valence-electron chi connectivity index (χ0n) is 10.5. The molecule has 1 rings (SSSR count). The van der Waals surface area contributed by atoms with Gasteiger partial charge in [-0.2, -0.15) is 0 Å². The second kappa shape index (κ2) is 6.74. The molecule has 4 heteroatoms. The number of urea groups is 1. The summed E-state index contributed by atoms with van der Waals surface area (Å²) in [6.07, 6.45) is 4.76. The van der Waals surface area contributed by atoms with E-state index >= 15 is 0 Å². The van der Waals surface area contributed by atoms with Crippen LogP contribution in [0.2, 0.25) is 0 Å². The Morgan fingerprint density at radius 2 is 2.12 bits per heavy atom. The van der Waals surface area contributed by atoms with Gasteiger partial charge in [-0.25, -0.2) is 4.79 Å². The van der Waals surface area contributed by atoms with Crippen LogP contribution in [0.5, 0.6) is 0 Å². The Balaban J connectivity index is 2.35. The van der Waals surface area contributed by atoms with Gasteiger partial charge in [0.05, 0.1) is 0 Å². The van der Waals surface area contributed by atoms with Crippen molar-refractivity contribution in [2.45, 2.75) is 45.6 Å². The fourth-order valence-corrected chi connectivity index (χ4v) is 2.14. The Morgan fingerprint density at radius 1 is 1.50 bits per heavy atom. The van der Waals surface area contributed by atoms with E-state index in [9.17, 15) is 4.79 Å². The van der Waals surface area contributed by atoms with Crippen LogP contribution in [0, 0.1) is 5.92 Å². The lowest BCUT2D eigenvalue weighted by Crippen LogP contribution is -2.46. The first kappa shape index (κ1) is 13.3. The highest BCUT2D eigenvalue weighted by molar-refractivity contribution is 5.74. The molecule has 1 atom stereocenters. The first-order chi connectivity index (χ1) is 7.67. The van der Waals surface area contributed by atoms with Crippen LogP contribution in [0.15, 0.2) is 0 Å². The molecule has 1 unspecified atom stereocenters. The van der Waals surface area contributed by atoms with E-state index in [-0.39, 0.29) is 6.03 Å². The Labute approximate surface area is 98.6 Å². The molecule has 0 aliphatic heterocycles. The van der Waals surface area contributed by atoms with Crippen LogP contribution in [0.1, 0.15) is 39.5 Å². The summed E-state index contributed by atoms with van der Waals surface area (Å²) in [5.41, 5.74) is 5.58. The number of rotatable bonds is 5. The molecule has 0 saturated heterocycles. The molecule has 0 aromatic heterocycles. The minimum atomic E-state index is 0.0784. The summed E-state index contributed by atoms with van der Waals surface area (Å²) < 4.78 is 0. The fourth-order valence-electron chi connectivity index (χ4n) is 2.14. The molecule has 0 heterocycles. The second-order valence-corrected chi connectivity index (χ2v) is 4.81. The Kier molecular flexibility index (Phi) is 5.60. The summed E-state index contributed by atoms with van der Waals surface area (Å²) >= 11 is 0. The summed E-state index contributed by atoms with van der Waals surface area (Å²) in [6, 6.07) is 0.476. The third-order valence-electron chi connectivity index (χ3n) is 3.29. The number of carbonyl (C=O) groups excluding carboxylic acids is 1. The maximum atomic E-state index is 12.0. The molecule has 16 heavy (non-hydrogen) atoms. The maximum absolute atomic E-state index is 12.0. The molecular weight excluding hydrogens is 202 g/mol. The molecule has 0 radical (unpaired) electrons. The van der Waals surface area contributed by atoms with Crippen LogP contribution in [0.25, 0.3) is 0 Å². The number of carbonyl (C=O) groups is 1. The first-order valence-electron chi connectivity index (χ1n) is 6.42. The van der Waals surface area contributed by atoms with Crippen molar-refractivity contribution in [3.8, 4) is 0 Å². The molecule has 0 spiro atoms. The zero-order chi connectivity index (χ0) is 12.0. The van der Waals surface area contributed by atoms with Crippen molar-refractivity contribution in [2.24, 2.45) is 11.7 Å². The van der Waals surface area contributed by atoms with Gasteiger partial charge in [-0.3, -0.25) is 0 Å². The highest BCUT2D eigenvalue weighted by Gasteiger charge is 2.20. The number of nitrogens with zero attached hydrogens (tertiary/aromatic N) is 1. The predicted molar refractivity (Wildman–Crippen MR) is 66.3 cm³/mol. The molecule has 1 aliphatic rings. The number of hydrogen-bond acceptors (Lipinski definition) is 2. The van der Waals surface area contributed by atoms with Crippen molar-refractivity contribution >= 4 is 6.03 Å². The normalized spacial score (nSPS) is 18.4. The lowest BCUT2D eigenvalue weighted by atomic mass is 10.2. The zero-order valence-corrected chi connectivity index (χ0v) is 10.5. The fraction of sp³-hybridized carbons (Fsp3) is 0.917. The second-order valence-electron chi connectivity index (χ2n) is 4.81. The van der Waals surface area contributed by atoms with E-state index in [1.54, 1.807) is 0 Å². The Morgan fingerprint density at radius 3 is 2.62 bits per heavy atom. The summed E-state index contributed by atoms with van der Waals surface area (Å²) in [4.78, 5) is 13.8. The van der Waals surface area contributed by atoms with Crippen molar-refractivity contribution in [1.29, 1.82) is 0 Å². The van der Waals surface area contributed by atoms with E-state index < -0.39 is 0 Å². The number of nitrogens with one attached hydrogen (secondary N) is 1. The van der Waals surface area contributed by atoms with E-state index in [0.29, 0.717) is 18.5 Å². The van der Waals surface area contributed by atoms with Crippen LogP contribution in [-0.4, -0.2) is 36.6 Å². The molecule has 4 nitrogen and oxygen atoms in total. The summed E-state index contributed by atoms with van der Waals surface area (Å²) in [7, 11) is 0. The molecule has 0 bridgehead atoms. The minimum absolute atomic E-state index is 0.0784. The maximum Gasteiger partial charge on any atom is 0.317 e. The molecule has 0 aromatic carbocycles. The largest absolute Gasteiger partial charge is 0.335 e. The van der Waals surface area contributed by atoms with E-state index in [1.807, 2.05) is 11.8 Å².